The molecular weight excluding hydrogens is 254 g/mol. The first-order valence-electron chi connectivity index (χ1n) is 6.08. The fourth-order valence-electron chi connectivity index (χ4n) is 1.98. The third-order valence-electron chi connectivity index (χ3n) is 3.21. The summed E-state index contributed by atoms with van der Waals surface area (Å²) in [5.41, 5.74) is 5.18. The number of urea groups is 1. The number of hydrogen-bond donors (Lipinski definition) is 4. The van der Waals surface area contributed by atoms with Gasteiger partial charge in [-0.15, -0.1) is 0 Å². The maximum Gasteiger partial charge on any atom is 0.328 e. The van der Waals surface area contributed by atoms with Crippen molar-refractivity contribution in [2.75, 3.05) is 13.1 Å². The van der Waals surface area contributed by atoms with Crippen LogP contribution >= 0.6 is 0 Å². The second kappa shape index (κ2) is 6.37. The fourth-order valence-corrected chi connectivity index (χ4v) is 1.98. The van der Waals surface area contributed by atoms with Crippen molar-refractivity contribution in [2.45, 2.75) is 31.9 Å². The van der Waals surface area contributed by atoms with Crippen molar-refractivity contribution in [2.24, 2.45) is 11.7 Å². The van der Waals surface area contributed by atoms with Crippen LogP contribution in [0, 0.1) is 5.92 Å². The van der Waals surface area contributed by atoms with Crippen molar-refractivity contribution < 1.29 is 24.6 Å². The van der Waals surface area contributed by atoms with Crippen molar-refractivity contribution in [3.8, 4) is 0 Å². The minimum absolute atomic E-state index is 0.240. The Morgan fingerprint density at radius 2 is 1.84 bits per heavy atom. The molecule has 1 aliphatic heterocycles. The standard InChI is InChI=1S/C11H19N3O5/c1-6(15)8(10(17)18)13-11(19)14-4-2-7(3-5-14)9(12)16/h6-8,15H,2-5H2,1H3,(H2,12,16)(H,13,19)(H,17,18). The van der Waals surface area contributed by atoms with E-state index in [1.807, 2.05) is 0 Å². The van der Waals surface area contributed by atoms with Crippen LogP contribution in [0.3, 0.4) is 0 Å². The van der Waals surface area contributed by atoms with Crippen molar-refractivity contribution in [1.29, 1.82) is 0 Å². The van der Waals surface area contributed by atoms with Gasteiger partial charge in [-0.1, -0.05) is 0 Å². The fraction of sp³-hybridized carbons (Fsp3) is 0.727. The number of rotatable bonds is 4. The Kier molecular flexibility index (Phi) is 5.11. The first-order valence-corrected chi connectivity index (χ1v) is 6.08. The average Bonchev–Trinajstić information content (AvgIpc) is 2.34. The van der Waals surface area contributed by atoms with Crippen LogP contribution in [0.2, 0.25) is 0 Å². The lowest BCUT2D eigenvalue weighted by molar-refractivity contribution is -0.141. The van der Waals surface area contributed by atoms with Gasteiger partial charge in [-0.25, -0.2) is 9.59 Å². The van der Waals surface area contributed by atoms with E-state index in [9.17, 15) is 19.5 Å². The third-order valence-corrected chi connectivity index (χ3v) is 3.21. The first kappa shape index (κ1) is 15.2. The van der Waals surface area contributed by atoms with Crippen LogP contribution in [0.1, 0.15) is 19.8 Å². The number of nitrogens with zero attached hydrogens (tertiary/aromatic N) is 1. The minimum Gasteiger partial charge on any atom is -0.480 e. The summed E-state index contributed by atoms with van der Waals surface area (Å²) in [6.07, 6.45) is -0.255. The van der Waals surface area contributed by atoms with Gasteiger partial charge in [-0.05, 0) is 19.8 Å². The highest BCUT2D eigenvalue weighted by molar-refractivity contribution is 5.83. The smallest absolute Gasteiger partial charge is 0.328 e. The zero-order chi connectivity index (χ0) is 14.6. The zero-order valence-electron chi connectivity index (χ0n) is 10.7. The number of carboxylic acid groups (broad SMARTS) is 1. The molecule has 0 bridgehead atoms. The number of aliphatic hydroxyl groups is 1. The summed E-state index contributed by atoms with van der Waals surface area (Å²) in [6.45, 7) is 1.97. The molecule has 1 aliphatic rings. The molecule has 1 fully saturated rings. The van der Waals surface area contributed by atoms with Crippen LogP contribution < -0.4 is 11.1 Å². The minimum atomic E-state index is -1.35. The zero-order valence-corrected chi connectivity index (χ0v) is 10.7. The van der Waals surface area contributed by atoms with Gasteiger partial charge in [-0.3, -0.25) is 4.79 Å². The molecule has 8 heteroatoms. The summed E-state index contributed by atoms with van der Waals surface area (Å²) in [7, 11) is 0. The highest BCUT2D eigenvalue weighted by Crippen LogP contribution is 2.16. The van der Waals surface area contributed by atoms with Crippen molar-refractivity contribution in [3.05, 3.63) is 0 Å². The molecule has 1 saturated heterocycles. The Morgan fingerprint density at radius 3 is 2.21 bits per heavy atom. The van der Waals surface area contributed by atoms with Gasteiger partial charge < -0.3 is 26.2 Å². The van der Waals surface area contributed by atoms with Crippen LogP contribution in [-0.4, -0.2) is 58.3 Å². The Morgan fingerprint density at radius 1 is 1.32 bits per heavy atom. The quantitative estimate of drug-likeness (QED) is 0.506. The van der Waals surface area contributed by atoms with Gasteiger partial charge in [0.05, 0.1) is 6.10 Å². The summed E-state index contributed by atoms with van der Waals surface area (Å²) in [4.78, 5) is 35.1. The lowest BCUT2D eigenvalue weighted by Crippen LogP contribution is -2.54. The topological polar surface area (TPSA) is 133 Å². The highest BCUT2D eigenvalue weighted by Gasteiger charge is 2.30. The molecule has 2 unspecified atom stereocenters. The van der Waals surface area contributed by atoms with Crippen LogP contribution in [-0.2, 0) is 9.59 Å². The number of primary amides is 1. The van der Waals surface area contributed by atoms with Crippen LogP contribution in [0.25, 0.3) is 0 Å². The van der Waals surface area contributed by atoms with Crippen LogP contribution in [0.15, 0.2) is 0 Å². The van der Waals surface area contributed by atoms with E-state index in [4.69, 9.17) is 10.8 Å². The van der Waals surface area contributed by atoms with Gasteiger partial charge in [0.25, 0.3) is 0 Å². The number of aliphatic carboxylic acids is 1. The van der Waals surface area contributed by atoms with E-state index in [0.29, 0.717) is 25.9 Å². The monoisotopic (exact) mass is 273 g/mol. The normalized spacial score (nSPS) is 19.6. The lowest BCUT2D eigenvalue weighted by atomic mass is 9.96. The number of carboxylic acids is 1. The third kappa shape index (κ3) is 4.09. The van der Waals surface area contributed by atoms with Crippen molar-refractivity contribution in [3.63, 3.8) is 0 Å². The van der Waals surface area contributed by atoms with E-state index in [-0.39, 0.29) is 11.8 Å². The molecule has 0 radical (unpaired) electrons. The molecule has 1 rings (SSSR count). The Labute approximate surface area is 110 Å². The van der Waals surface area contributed by atoms with Gasteiger partial charge in [0.2, 0.25) is 5.91 Å². The molecule has 8 nitrogen and oxygen atoms in total. The van der Waals surface area contributed by atoms with Gasteiger partial charge in [0.1, 0.15) is 0 Å². The average molecular weight is 273 g/mol. The number of carbonyl (C=O) groups excluding carboxylic acids is 2. The molecule has 0 aromatic heterocycles. The number of hydrogen-bond acceptors (Lipinski definition) is 4. The number of likely N-dealkylation sites (tertiary alicyclic amines) is 1. The summed E-state index contributed by atoms with van der Waals surface area (Å²) >= 11 is 0. The molecule has 3 amide bonds. The molecule has 19 heavy (non-hydrogen) atoms. The second-order valence-electron chi connectivity index (χ2n) is 4.67. The van der Waals surface area contributed by atoms with E-state index in [1.54, 1.807) is 0 Å². The SMILES string of the molecule is CC(O)C(NC(=O)N1CCC(C(N)=O)CC1)C(=O)O. The summed E-state index contributed by atoms with van der Waals surface area (Å²) in [5.74, 6) is -1.92. The molecule has 0 saturated carbocycles. The molecule has 2 atom stereocenters. The molecule has 0 aliphatic carbocycles. The maximum atomic E-state index is 11.8. The van der Waals surface area contributed by atoms with Crippen LogP contribution in [0.5, 0.6) is 0 Å². The van der Waals surface area contributed by atoms with E-state index < -0.39 is 24.1 Å². The van der Waals surface area contributed by atoms with Gasteiger partial charge in [0.15, 0.2) is 6.04 Å². The molecule has 1 heterocycles. The molecule has 108 valence electrons. The molecule has 0 spiro atoms. The first-order chi connectivity index (χ1) is 8.82. The molecule has 5 N–H and O–H groups in total. The predicted octanol–water partition coefficient (Wildman–Crippen LogP) is -1.27. The maximum absolute atomic E-state index is 11.8. The number of aliphatic hydroxyl groups excluding tert-OH is 1. The largest absolute Gasteiger partial charge is 0.480 e. The highest BCUT2D eigenvalue weighted by atomic mass is 16.4. The second-order valence-corrected chi connectivity index (χ2v) is 4.67. The number of nitrogens with two attached hydrogens (primary N) is 1. The molecule has 0 aromatic rings. The Balaban J connectivity index is 2.51. The summed E-state index contributed by atoms with van der Waals surface area (Å²) in [5, 5.41) is 20.4. The van der Waals surface area contributed by atoms with E-state index in [1.165, 1.54) is 11.8 Å². The van der Waals surface area contributed by atoms with Crippen molar-refractivity contribution in [1.82, 2.24) is 10.2 Å². The van der Waals surface area contributed by atoms with Crippen molar-refractivity contribution >= 4 is 17.9 Å². The van der Waals surface area contributed by atoms with E-state index in [2.05, 4.69) is 5.32 Å². The van der Waals surface area contributed by atoms with Crippen LogP contribution in [0.4, 0.5) is 4.79 Å². The van der Waals surface area contributed by atoms with E-state index >= 15 is 0 Å². The number of carbonyl (C=O) groups is 3. The predicted molar refractivity (Wildman–Crippen MR) is 65.1 cm³/mol. The van der Waals surface area contributed by atoms with Gasteiger partial charge in [0, 0.05) is 19.0 Å². The molecular formula is C11H19N3O5. The number of nitrogens with one attached hydrogen (secondary N) is 1. The number of piperidine rings is 1. The summed E-state index contributed by atoms with van der Waals surface area (Å²) < 4.78 is 0. The van der Waals surface area contributed by atoms with Gasteiger partial charge in [-0.2, -0.15) is 0 Å². The Hall–Kier alpha value is -1.83. The molecule has 0 aromatic carbocycles. The number of amides is 3. The summed E-state index contributed by atoms with van der Waals surface area (Å²) in [6, 6.07) is -1.91. The Bertz CT molecular complexity index is 363. The van der Waals surface area contributed by atoms with E-state index in [0.717, 1.165) is 0 Å². The van der Waals surface area contributed by atoms with Gasteiger partial charge >= 0.3 is 12.0 Å². The lowest BCUT2D eigenvalue weighted by Gasteiger charge is -2.31.